The van der Waals surface area contributed by atoms with Gasteiger partial charge in [0.15, 0.2) is 0 Å². The van der Waals surface area contributed by atoms with Crippen LogP contribution in [0.25, 0.3) is 0 Å². The van der Waals surface area contributed by atoms with Crippen LogP contribution in [0.4, 0.5) is 0 Å². The van der Waals surface area contributed by atoms with E-state index in [1.54, 1.807) is 0 Å². The third-order valence-electron chi connectivity index (χ3n) is 4.55. The van der Waals surface area contributed by atoms with Crippen LogP contribution in [-0.4, -0.2) is 34.5 Å². The molecule has 0 radical (unpaired) electrons. The van der Waals surface area contributed by atoms with E-state index in [2.05, 4.69) is 13.8 Å². The van der Waals surface area contributed by atoms with Crippen molar-refractivity contribution in [3.05, 3.63) is 0 Å². The molecule has 0 aromatic carbocycles. The summed E-state index contributed by atoms with van der Waals surface area (Å²) < 4.78 is 0. The van der Waals surface area contributed by atoms with Crippen LogP contribution in [0.3, 0.4) is 0 Å². The summed E-state index contributed by atoms with van der Waals surface area (Å²) in [5.74, 6) is -0.922. The Bertz CT molecular complexity index is 342. The van der Waals surface area contributed by atoms with Crippen LogP contribution in [0, 0.1) is 17.8 Å². The van der Waals surface area contributed by atoms with Gasteiger partial charge in [0, 0.05) is 12.6 Å². The zero-order chi connectivity index (χ0) is 13.3. The first-order valence-electron chi connectivity index (χ1n) is 7.04. The Hall–Kier alpha value is -1.06. The molecule has 18 heavy (non-hydrogen) atoms. The zero-order valence-electron chi connectivity index (χ0n) is 11.3. The lowest BCUT2D eigenvalue weighted by Gasteiger charge is -2.38. The third kappa shape index (κ3) is 2.52. The summed E-state index contributed by atoms with van der Waals surface area (Å²) in [6, 6.07) is 0.267. The number of aliphatic carboxylic acids is 1. The lowest BCUT2D eigenvalue weighted by atomic mass is 9.90. The Morgan fingerprint density at radius 1 is 1.06 bits per heavy atom. The fourth-order valence-corrected chi connectivity index (χ4v) is 3.36. The van der Waals surface area contributed by atoms with Gasteiger partial charge in [0.2, 0.25) is 5.91 Å². The Kier molecular flexibility index (Phi) is 3.93. The van der Waals surface area contributed by atoms with Crippen molar-refractivity contribution in [3.8, 4) is 0 Å². The molecule has 1 heterocycles. The van der Waals surface area contributed by atoms with Gasteiger partial charge in [-0.1, -0.05) is 13.3 Å². The number of nitrogens with zero attached hydrogens (tertiary/aromatic N) is 1. The van der Waals surface area contributed by atoms with E-state index in [0.29, 0.717) is 12.3 Å². The normalized spacial score (nSPS) is 36.7. The highest BCUT2D eigenvalue weighted by Gasteiger charge is 2.41. The molecule has 1 N–H and O–H groups in total. The van der Waals surface area contributed by atoms with Crippen LogP contribution < -0.4 is 0 Å². The van der Waals surface area contributed by atoms with Crippen LogP contribution in [0.15, 0.2) is 0 Å². The van der Waals surface area contributed by atoms with E-state index in [4.69, 9.17) is 0 Å². The highest BCUT2D eigenvalue weighted by molar-refractivity contribution is 5.85. The summed E-state index contributed by atoms with van der Waals surface area (Å²) >= 11 is 0. The van der Waals surface area contributed by atoms with Crippen molar-refractivity contribution in [2.75, 3.05) is 6.54 Å². The standard InChI is InChI=1S/C14H23NO3/c1-9-6-7-10(2)15(8-9)13(16)11-4-3-5-12(11)14(17)18/h9-12H,3-8H2,1-2H3,(H,17,18). The number of amides is 1. The van der Waals surface area contributed by atoms with Gasteiger partial charge in [-0.05, 0) is 38.5 Å². The maximum Gasteiger partial charge on any atom is 0.307 e. The molecular formula is C14H23NO3. The summed E-state index contributed by atoms with van der Waals surface area (Å²) in [6.07, 6.45) is 4.47. The molecular weight excluding hydrogens is 230 g/mol. The van der Waals surface area contributed by atoms with E-state index >= 15 is 0 Å². The molecule has 0 bridgehead atoms. The van der Waals surface area contributed by atoms with Crippen LogP contribution >= 0.6 is 0 Å². The first-order chi connectivity index (χ1) is 8.50. The first kappa shape index (κ1) is 13.4. The molecule has 1 aliphatic heterocycles. The molecule has 1 aliphatic carbocycles. The summed E-state index contributed by atoms with van der Waals surface area (Å²) in [5.41, 5.74) is 0. The van der Waals surface area contributed by atoms with Gasteiger partial charge in [0.25, 0.3) is 0 Å². The van der Waals surface area contributed by atoms with Crippen molar-refractivity contribution in [1.82, 2.24) is 4.90 Å². The fourth-order valence-electron chi connectivity index (χ4n) is 3.36. The Morgan fingerprint density at radius 3 is 2.39 bits per heavy atom. The quantitative estimate of drug-likeness (QED) is 0.820. The minimum Gasteiger partial charge on any atom is -0.481 e. The summed E-state index contributed by atoms with van der Waals surface area (Å²) in [7, 11) is 0. The molecule has 4 atom stereocenters. The smallest absolute Gasteiger partial charge is 0.307 e. The molecule has 2 fully saturated rings. The number of likely N-dealkylation sites (tertiary alicyclic amines) is 1. The summed E-state index contributed by atoms with van der Waals surface area (Å²) in [5, 5.41) is 9.18. The van der Waals surface area contributed by atoms with E-state index in [-0.39, 0.29) is 17.9 Å². The molecule has 1 saturated carbocycles. The molecule has 0 aromatic heterocycles. The van der Waals surface area contributed by atoms with Crippen LogP contribution in [0.2, 0.25) is 0 Å². The Balaban J connectivity index is 2.07. The van der Waals surface area contributed by atoms with Gasteiger partial charge in [-0.2, -0.15) is 0 Å². The van der Waals surface area contributed by atoms with E-state index in [0.717, 1.165) is 32.2 Å². The van der Waals surface area contributed by atoms with Crippen LogP contribution in [0.1, 0.15) is 46.0 Å². The van der Waals surface area contributed by atoms with Crippen molar-refractivity contribution in [2.24, 2.45) is 17.8 Å². The predicted octanol–water partition coefficient (Wildman–Crippen LogP) is 2.13. The van der Waals surface area contributed by atoms with Crippen molar-refractivity contribution >= 4 is 11.9 Å². The number of carboxylic acid groups (broad SMARTS) is 1. The minimum atomic E-state index is -0.802. The number of carbonyl (C=O) groups is 2. The van der Waals surface area contributed by atoms with E-state index in [1.807, 2.05) is 4.90 Å². The number of piperidine rings is 1. The van der Waals surface area contributed by atoms with Gasteiger partial charge in [0.05, 0.1) is 11.8 Å². The zero-order valence-corrected chi connectivity index (χ0v) is 11.3. The van der Waals surface area contributed by atoms with Crippen molar-refractivity contribution in [1.29, 1.82) is 0 Å². The van der Waals surface area contributed by atoms with Gasteiger partial charge in [0.1, 0.15) is 0 Å². The Morgan fingerprint density at radius 2 is 1.72 bits per heavy atom. The van der Waals surface area contributed by atoms with E-state index < -0.39 is 11.9 Å². The number of carboxylic acids is 1. The van der Waals surface area contributed by atoms with Crippen molar-refractivity contribution < 1.29 is 14.7 Å². The largest absolute Gasteiger partial charge is 0.481 e. The lowest BCUT2D eigenvalue weighted by molar-refractivity contribution is -0.151. The van der Waals surface area contributed by atoms with Crippen LogP contribution in [-0.2, 0) is 9.59 Å². The third-order valence-corrected chi connectivity index (χ3v) is 4.55. The molecule has 0 spiro atoms. The van der Waals surface area contributed by atoms with E-state index in [9.17, 15) is 14.7 Å². The number of hydrogen-bond acceptors (Lipinski definition) is 2. The molecule has 102 valence electrons. The highest BCUT2D eigenvalue weighted by Crippen LogP contribution is 2.35. The average molecular weight is 253 g/mol. The first-order valence-corrected chi connectivity index (χ1v) is 7.04. The molecule has 2 rings (SSSR count). The topological polar surface area (TPSA) is 57.6 Å². The monoisotopic (exact) mass is 253 g/mol. The Labute approximate surface area is 108 Å². The molecule has 2 aliphatic rings. The van der Waals surface area contributed by atoms with Crippen molar-refractivity contribution in [3.63, 3.8) is 0 Å². The van der Waals surface area contributed by atoms with Crippen LogP contribution in [0.5, 0.6) is 0 Å². The van der Waals surface area contributed by atoms with Gasteiger partial charge < -0.3 is 10.0 Å². The number of rotatable bonds is 2. The molecule has 1 amide bonds. The summed E-state index contributed by atoms with van der Waals surface area (Å²) in [4.78, 5) is 25.6. The molecule has 4 nitrogen and oxygen atoms in total. The van der Waals surface area contributed by atoms with Gasteiger partial charge in [-0.25, -0.2) is 0 Å². The summed E-state index contributed by atoms with van der Waals surface area (Å²) in [6.45, 7) is 5.03. The van der Waals surface area contributed by atoms with E-state index in [1.165, 1.54) is 0 Å². The number of carbonyl (C=O) groups excluding carboxylic acids is 1. The molecule has 1 saturated heterocycles. The minimum absolute atomic E-state index is 0.0824. The second-order valence-corrected chi connectivity index (χ2v) is 6.00. The van der Waals surface area contributed by atoms with Gasteiger partial charge >= 0.3 is 5.97 Å². The maximum absolute atomic E-state index is 12.5. The maximum atomic E-state index is 12.5. The second kappa shape index (κ2) is 5.29. The van der Waals surface area contributed by atoms with Crippen molar-refractivity contribution in [2.45, 2.75) is 52.0 Å². The molecule has 4 unspecified atom stereocenters. The van der Waals surface area contributed by atoms with Gasteiger partial charge in [-0.15, -0.1) is 0 Å². The molecule has 0 aromatic rings. The SMILES string of the molecule is CC1CCC(C)N(C(=O)C2CCCC2C(=O)O)C1. The number of hydrogen-bond donors (Lipinski definition) is 1. The highest BCUT2D eigenvalue weighted by atomic mass is 16.4. The molecule has 4 heteroatoms. The average Bonchev–Trinajstić information content (AvgIpc) is 2.80. The lowest BCUT2D eigenvalue weighted by Crippen LogP contribution is -2.48. The van der Waals surface area contributed by atoms with Gasteiger partial charge in [-0.3, -0.25) is 9.59 Å². The fraction of sp³-hybridized carbons (Fsp3) is 0.857. The predicted molar refractivity (Wildman–Crippen MR) is 68.0 cm³/mol. The second-order valence-electron chi connectivity index (χ2n) is 6.00.